The van der Waals surface area contributed by atoms with Gasteiger partial charge >= 0.3 is 0 Å². The molecular formula is C22H23ClN4OS. The highest BCUT2D eigenvalue weighted by Crippen LogP contribution is 2.23. The molecule has 29 heavy (non-hydrogen) atoms. The van der Waals surface area contributed by atoms with Gasteiger partial charge in [0.2, 0.25) is 5.91 Å². The van der Waals surface area contributed by atoms with Gasteiger partial charge < -0.3 is 10.6 Å². The number of piperazine rings is 1. The number of fused-ring (bicyclic) bond motifs is 1. The van der Waals surface area contributed by atoms with Crippen molar-refractivity contribution in [3.05, 3.63) is 63.4 Å². The predicted molar refractivity (Wildman–Crippen MR) is 121 cm³/mol. The Morgan fingerprint density at radius 2 is 2.14 bits per heavy atom. The molecule has 1 unspecified atom stereocenters. The maximum atomic E-state index is 12.9. The Kier molecular flexibility index (Phi) is 5.85. The van der Waals surface area contributed by atoms with E-state index in [1.807, 2.05) is 42.2 Å². The van der Waals surface area contributed by atoms with Crippen molar-refractivity contribution in [1.29, 1.82) is 0 Å². The smallest absolute Gasteiger partial charge is 0.239 e. The number of carbonyl (C=O) groups is 1. The number of anilines is 1. The minimum atomic E-state index is -0.144. The van der Waals surface area contributed by atoms with Gasteiger partial charge in [-0.05, 0) is 42.8 Å². The predicted octanol–water partition coefficient (Wildman–Crippen LogP) is 4.28. The highest BCUT2D eigenvalue weighted by Gasteiger charge is 2.30. The maximum Gasteiger partial charge on any atom is 0.239 e. The van der Waals surface area contributed by atoms with Crippen LogP contribution in [-0.4, -0.2) is 46.4 Å². The molecule has 1 fully saturated rings. The van der Waals surface area contributed by atoms with Gasteiger partial charge in [-0.3, -0.25) is 14.7 Å². The molecule has 5 nitrogen and oxygen atoms in total. The number of pyridine rings is 1. The largest absolute Gasteiger partial charge is 0.398 e. The van der Waals surface area contributed by atoms with E-state index in [1.54, 1.807) is 23.6 Å². The van der Waals surface area contributed by atoms with E-state index in [1.165, 1.54) is 0 Å². The monoisotopic (exact) mass is 426 g/mol. The third-order valence-electron chi connectivity index (χ3n) is 5.30. The molecule has 3 heterocycles. The fourth-order valence-corrected chi connectivity index (χ4v) is 4.63. The molecule has 4 rings (SSSR count). The molecule has 1 amide bonds. The number of hydrogen-bond donors (Lipinski definition) is 1. The summed E-state index contributed by atoms with van der Waals surface area (Å²) in [5, 5.41) is 0.944. The van der Waals surface area contributed by atoms with E-state index in [-0.39, 0.29) is 11.9 Å². The summed E-state index contributed by atoms with van der Waals surface area (Å²) in [6.45, 7) is 4.88. The van der Waals surface area contributed by atoms with Crippen molar-refractivity contribution >= 4 is 51.5 Å². The van der Waals surface area contributed by atoms with Crippen molar-refractivity contribution in [2.45, 2.75) is 19.5 Å². The number of benzene rings is 1. The molecule has 0 radical (unpaired) electrons. The first kappa shape index (κ1) is 19.9. The average Bonchev–Trinajstić information content (AvgIpc) is 3.12. The number of halogens is 1. The third kappa shape index (κ3) is 4.45. The molecule has 1 aromatic carbocycles. The molecule has 3 aromatic rings. The second-order valence-corrected chi connectivity index (χ2v) is 8.97. The molecule has 1 aliphatic rings. The van der Waals surface area contributed by atoms with Crippen molar-refractivity contribution in [3.63, 3.8) is 0 Å². The topological polar surface area (TPSA) is 62.5 Å². The summed E-state index contributed by atoms with van der Waals surface area (Å²) in [5.41, 5.74) is 8.65. The minimum absolute atomic E-state index is 0.144. The zero-order valence-corrected chi connectivity index (χ0v) is 17.8. The Bertz CT molecular complexity index is 1060. The van der Waals surface area contributed by atoms with Crippen LogP contribution in [0.5, 0.6) is 0 Å². The quantitative estimate of drug-likeness (QED) is 0.661. The van der Waals surface area contributed by atoms with Crippen LogP contribution in [0.3, 0.4) is 0 Å². The van der Waals surface area contributed by atoms with Crippen molar-refractivity contribution < 1.29 is 4.79 Å². The summed E-state index contributed by atoms with van der Waals surface area (Å²) < 4.78 is 0.786. The third-order valence-corrected chi connectivity index (χ3v) is 6.50. The van der Waals surface area contributed by atoms with Crippen LogP contribution in [0.1, 0.15) is 17.4 Å². The second-order valence-electron chi connectivity index (χ2n) is 7.23. The Labute approximate surface area is 179 Å². The number of amides is 1. The van der Waals surface area contributed by atoms with Gasteiger partial charge in [-0.25, -0.2) is 0 Å². The molecule has 2 N–H and O–H groups in total. The standard InChI is InChI=1S/C22H23ClN4OS/c1-15-22(28)27(12-11-26(15)10-2-3-17-5-7-21(23)29-17)14-16-4-6-18-19(24)8-9-25-20(18)13-16/h2-9,13,15H,10-12,14H2,1H3,(H2,24,25). The summed E-state index contributed by atoms with van der Waals surface area (Å²) in [6, 6.07) is 11.6. The van der Waals surface area contributed by atoms with Crippen LogP contribution >= 0.6 is 22.9 Å². The lowest BCUT2D eigenvalue weighted by Crippen LogP contribution is -2.55. The van der Waals surface area contributed by atoms with Crippen LogP contribution in [0.25, 0.3) is 17.0 Å². The molecular weight excluding hydrogens is 404 g/mol. The first-order valence-electron chi connectivity index (χ1n) is 9.59. The van der Waals surface area contributed by atoms with Crippen molar-refractivity contribution in [1.82, 2.24) is 14.8 Å². The lowest BCUT2D eigenvalue weighted by Gasteiger charge is -2.38. The van der Waals surface area contributed by atoms with Crippen molar-refractivity contribution in [2.24, 2.45) is 0 Å². The number of nitrogens with two attached hydrogens (primary N) is 1. The molecule has 1 atom stereocenters. The number of hydrogen-bond acceptors (Lipinski definition) is 5. The number of nitrogens with zero attached hydrogens (tertiary/aromatic N) is 3. The van der Waals surface area contributed by atoms with E-state index in [2.05, 4.69) is 22.0 Å². The normalized spacial score (nSPS) is 18.2. The first-order chi connectivity index (χ1) is 14.0. The lowest BCUT2D eigenvalue weighted by molar-refractivity contribution is -0.141. The summed E-state index contributed by atoms with van der Waals surface area (Å²) in [6.07, 6.45) is 5.88. The van der Waals surface area contributed by atoms with Gasteiger partial charge in [0.1, 0.15) is 0 Å². The fourth-order valence-electron chi connectivity index (χ4n) is 3.64. The number of thiophene rings is 1. The summed E-state index contributed by atoms with van der Waals surface area (Å²) in [7, 11) is 0. The number of carbonyl (C=O) groups excluding carboxylic acids is 1. The van der Waals surface area contributed by atoms with Crippen LogP contribution in [-0.2, 0) is 11.3 Å². The Morgan fingerprint density at radius 3 is 2.93 bits per heavy atom. The minimum Gasteiger partial charge on any atom is -0.398 e. The van der Waals surface area contributed by atoms with Gasteiger partial charge in [-0.2, -0.15) is 0 Å². The molecule has 7 heteroatoms. The van der Waals surface area contributed by atoms with Crippen LogP contribution in [0.2, 0.25) is 4.34 Å². The van der Waals surface area contributed by atoms with E-state index in [9.17, 15) is 4.79 Å². The SMILES string of the molecule is CC1C(=O)N(Cc2ccc3c(N)ccnc3c2)CCN1CC=Cc1ccc(Cl)s1. The first-order valence-corrected chi connectivity index (χ1v) is 10.8. The number of aromatic nitrogens is 1. The summed E-state index contributed by atoms with van der Waals surface area (Å²) in [5.74, 6) is 0.157. The number of nitrogen functional groups attached to an aromatic ring is 1. The molecule has 0 saturated carbocycles. The molecule has 2 aromatic heterocycles. The van der Waals surface area contributed by atoms with Crippen molar-refractivity contribution in [2.75, 3.05) is 25.4 Å². The van der Waals surface area contributed by atoms with E-state index in [0.717, 1.165) is 44.5 Å². The molecule has 1 aliphatic heterocycles. The van der Waals surface area contributed by atoms with Gasteiger partial charge in [0, 0.05) is 48.3 Å². The Balaban J connectivity index is 1.39. The van der Waals surface area contributed by atoms with E-state index < -0.39 is 0 Å². The molecule has 0 bridgehead atoms. The summed E-state index contributed by atoms with van der Waals surface area (Å²) >= 11 is 7.52. The molecule has 150 valence electrons. The molecule has 1 saturated heterocycles. The number of rotatable bonds is 5. The van der Waals surface area contributed by atoms with Gasteiger partial charge in [0.05, 0.1) is 15.9 Å². The van der Waals surface area contributed by atoms with Gasteiger partial charge in [-0.1, -0.05) is 29.8 Å². The summed E-state index contributed by atoms with van der Waals surface area (Å²) in [4.78, 5) is 22.6. The van der Waals surface area contributed by atoms with E-state index >= 15 is 0 Å². The lowest BCUT2D eigenvalue weighted by atomic mass is 10.1. The Morgan fingerprint density at radius 1 is 1.28 bits per heavy atom. The van der Waals surface area contributed by atoms with Crippen LogP contribution < -0.4 is 5.73 Å². The highest BCUT2D eigenvalue weighted by molar-refractivity contribution is 7.16. The Hall–Kier alpha value is -2.41. The average molecular weight is 427 g/mol. The zero-order chi connectivity index (χ0) is 20.4. The molecule has 0 aliphatic carbocycles. The molecule has 0 spiro atoms. The van der Waals surface area contributed by atoms with Crippen LogP contribution in [0.4, 0.5) is 5.69 Å². The highest BCUT2D eigenvalue weighted by atomic mass is 35.5. The van der Waals surface area contributed by atoms with Gasteiger partial charge in [-0.15, -0.1) is 11.3 Å². The van der Waals surface area contributed by atoms with Crippen LogP contribution in [0, 0.1) is 0 Å². The maximum absolute atomic E-state index is 12.9. The van der Waals surface area contributed by atoms with E-state index in [4.69, 9.17) is 17.3 Å². The van der Waals surface area contributed by atoms with Gasteiger partial charge in [0.15, 0.2) is 0 Å². The zero-order valence-electron chi connectivity index (χ0n) is 16.2. The van der Waals surface area contributed by atoms with E-state index in [0.29, 0.717) is 13.1 Å². The fraction of sp³-hybridized carbons (Fsp3) is 0.273. The van der Waals surface area contributed by atoms with Gasteiger partial charge in [0.25, 0.3) is 0 Å². The second kappa shape index (κ2) is 8.53. The van der Waals surface area contributed by atoms with Crippen LogP contribution in [0.15, 0.2) is 48.7 Å². The van der Waals surface area contributed by atoms with Crippen molar-refractivity contribution in [3.8, 4) is 0 Å².